The lowest BCUT2D eigenvalue weighted by molar-refractivity contribution is 0.587. The first-order chi connectivity index (χ1) is 9.27. The highest BCUT2D eigenvalue weighted by Crippen LogP contribution is 2.32. The molecule has 5 nitrogen and oxygen atoms in total. The van der Waals surface area contributed by atoms with E-state index < -0.39 is 0 Å². The molecule has 2 N–H and O–H groups in total. The maximum Gasteiger partial charge on any atom is 0.113 e. The van der Waals surface area contributed by atoms with Crippen LogP contribution in [0.1, 0.15) is 11.1 Å². The van der Waals surface area contributed by atoms with Gasteiger partial charge < -0.3 is 10.2 Å². The van der Waals surface area contributed by atoms with Gasteiger partial charge in [-0.2, -0.15) is 0 Å². The summed E-state index contributed by atoms with van der Waals surface area (Å²) in [6.07, 6.45) is 1.82. The molecule has 2 heterocycles. The fraction of sp³-hybridized carbons (Fsp3) is 0.429. The monoisotopic (exact) mass is 256 g/mol. The number of nitrogens with zero attached hydrogens (tertiary/aromatic N) is 3. The van der Waals surface area contributed by atoms with E-state index in [9.17, 15) is 0 Å². The summed E-state index contributed by atoms with van der Waals surface area (Å²) in [6, 6.07) is 5.37. The van der Waals surface area contributed by atoms with Gasteiger partial charge in [-0.25, -0.2) is 0 Å². The average Bonchev–Trinajstić information content (AvgIpc) is 2.94. The number of benzene rings is 1. The van der Waals surface area contributed by atoms with Gasteiger partial charge in [0.2, 0.25) is 0 Å². The van der Waals surface area contributed by atoms with Crippen molar-refractivity contribution in [2.24, 2.45) is 0 Å². The van der Waals surface area contributed by atoms with Crippen molar-refractivity contribution in [3.05, 3.63) is 29.5 Å². The molecule has 0 spiro atoms. The SMILES string of the molecule is Cc1c[c]c(-c2c[nH]nn2)c(C)c1N1CCNCC1. The van der Waals surface area contributed by atoms with Crippen molar-refractivity contribution >= 4 is 5.69 Å². The number of nitrogens with one attached hydrogen (secondary N) is 2. The number of anilines is 1. The Bertz CT molecular complexity index is 555. The fourth-order valence-electron chi connectivity index (χ4n) is 2.74. The Morgan fingerprint density at radius 1 is 1.26 bits per heavy atom. The third-order valence-electron chi connectivity index (χ3n) is 3.64. The predicted molar refractivity (Wildman–Crippen MR) is 75.2 cm³/mol. The smallest absolute Gasteiger partial charge is 0.113 e. The van der Waals surface area contributed by atoms with E-state index in [0.29, 0.717) is 0 Å². The quantitative estimate of drug-likeness (QED) is 0.850. The van der Waals surface area contributed by atoms with Crippen LogP contribution >= 0.6 is 0 Å². The molecule has 0 saturated carbocycles. The standard InChI is InChI=1S/C14H18N5/c1-10-3-4-12(13-9-16-18-17-13)11(2)14(10)19-7-5-15-6-8-19/h3,9,15H,5-8H2,1-2H3,(H,16,17,18). The summed E-state index contributed by atoms with van der Waals surface area (Å²) in [5, 5.41) is 14.0. The van der Waals surface area contributed by atoms with Gasteiger partial charge in [-0.15, -0.1) is 5.10 Å². The van der Waals surface area contributed by atoms with Crippen LogP contribution in [0.2, 0.25) is 0 Å². The molecular weight excluding hydrogens is 238 g/mol. The third kappa shape index (κ3) is 2.21. The van der Waals surface area contributed by atoms with Crippen molar-refractivity contribution in [1.82, 2.24) is 20.7 Å². The number of hydrogen-bond acceptors (Lipinski definition) is 4. The molecule has 19 heavy (non-hydrogen) atoms. The lowest BCUT2D eigenvalue weighted by Gasteiger charge is -2.32. The van der Waals surface area contributed by atoms with Crippen LogP contribution in [0.25, 0.3) is 11.3 Å². The van der Waals surface area contributed by atoms with Crippen LogP contribution in [-0.4, -0.2) is 41.6 Å². The Morgan fingerprint density at radius 3 is 2.74 bits per heavy atom. The topological polar surface area (TPSA) is 56.8 Å². The van der Waals surface area contributed by atoms with E-state index in [1.165, 1.54) is 16.8 Å². The lowest BCUT2D eigenvalue weighted by Crippen LogP contribution is -2.44. The Morgan fingerprint density at radius 2 is 2.05 bits per heavy atom. The lowest BCUT2D eigenvalue weighted by atomic mass is 9.99. The van der Waals surface area contributed by atoms with Gasteiger partial charge in [0.15, 0.2) is 0 Å². The Kier molecular flexibility index (Phi) is 3.21. The molecule has 0 amide bonds. The second-order valence-electron chi connectivity index (χ2n) is 4.92. The van der Waals surface area contributed by atoms with Crippen LogP contribution in [0, 0.1) is 19.9 Å². The molecule has 3 rings (SSSR count). The van der Waals surface area contributed by atoms with Crippen LogP contribution in [0.3, 0.4) is 0 Å². The molecule has 1 aliphatic heterocycles. The second-order valence-corrected chi connectivity index (χ2v) is 4.92. The average molecular weight is 256 g/mol. The number of piperazine rings is 1. The predicted octanol–water partition coefficient (Wildman–Crippen LogP) is 1.30. The van der Waals surface area contributed by atoms with Crippen molar-refractivity contribution in [2.45, 2.75) is 13.8 Å². The van der Waals surface area contributed by atoms with Gasteiger partial charge in [0.05, 0.1) is 6.20 Å². The number of hydrogen-bond donors (Lipinski definition) is 2. The van der Waals surface area contributed by atoms with Crippen molar-refractivity contribution < 1.29 is 0 Å². The minimum atomic E-state index is 0.855. The molecule has 1 fully saturated rings. The molecule has 0 atom stereocenters. The number of H-pyrrole nitrogens is 1. The van der Waals surface area contributed by atoms with E-state index in [0.717, 1.165) is 37.4 Å². The van der Waals surface area contributed by atoms with Gasteiger partial charge in [-0.1, -0.05) is 5.21 Å². The summed E-state index contributed by atoms with van der Waals surface area (Å²) in [4.78, 5) is 2.44. The highest BCUT2D eigenvalue weighted by Gasteiger charge is 2.18. The molecule has 0 unspecified atom stereocenters. The highest BCUT2D eigenvalue weighted by molar-refractivity contribution is 5.73. The number of rotatable bonds is 2. The molecule has 1 aromatic carbocycles. The zero-order valence-electron chi connectivity index (χ0n) is 11.3. The number of aryl methyl sites for hydroxylation is 1. The molecule has 2 aromatic rings. The van der Waals surface area contributed by atoms with Crippen molar-refractivity contribution in [3.63, 3.8) is 0 Å². The van der Waals surface area contributed by atoms with Crippen LogP contribution in [0.4, 0.5) is 5.69 Å². The Hall–Kier alpha value is -1.88. The number of aromatic amines is 1. The molecule has 1 saturated heterocycles. The Labute approximate surface area is 113 Å². The maximum absolute atomic E-state index is 4.10. The third-order valence-corrected chi connectivity index (χ3v) is 3.64. The van der Waals surface area contributed by atoms with Gasteiger partial charge in [0.1, 0.15) is 5.69 Å². The fourth-order valence-corrected chi connectivity index (χ4v) is 2.74. The van der Waals surface area contributed by atoms with E-state index in [4.69, 9.17) is 0 Å². The molecule has 0 bridgehead atoms. The van der Waals surface area contributed by atoms with Gasteiger partial charge in [0.25, 0.3) is 0 Å². The van der Waals surface area contributed by atoms with E-state index >= 15 is 0 Å². The summed E-state index contributed by atoms with van der Waals surface area (Å²) in [6.45, 7) is 8.46. The van der Waals surface area contributed by atoms with E-state index in [1.807, 2.05) is 12.3 Å². The zero-order chi connectivity index (χ0) is 13.2. The van der Waals surface area contributed by atoms with Gasteiger partial charge >= 0.3 is 0 Å². The normalized spacial score (nSPS) is 15.8. The summed E-state index contributed by atoms with van der Waals surface area (Å²) in [5.41, 5.74) is 5.71. The molecule has 1 aromatic heterocycles. The summed E-state index contributed by atoms with van der Waals surface area (Å²) >= 11 is 0. The van der Waals surface area contributed by atoms with E-state index in [2.05, 4.69) is 45.5 Å². The van der Waals surface area contributed by atoms with Crippen LogP contribution < -0.4 is 10.2 Å². The van der Waals surface area contributed by atoms with Gasteiger partial charge in [-0.3, -0.25) is 5.10 Å². The number of aromatic nitrogens is 3. The van der Waals surface area contributed by atoms with Crippen LogP contribution in [0.15, 0.2) is 12.3 Å². The largest absolute Gasteiger partial charge is 0.369 e. The first kappa shape index (κ1) is 12.2. The minimum Gasteiger partial charge on any atom is -0.369 e. The second kappa shape index (κ2) is 5.01. The summed E-state index contributed by atoms with van der Waals surface area (Å²) in [7, 11) is 0. The van der Waals surface area contributed by atoms with Gasteiger partial charge in [-0.05, 0) is 37.1 Å². The molecule has 5 heteroatoms. The highest BCUT2D eigenvalue weighted by atomic mass is 15.3. The molecule has 99 valence electrons. The summed E-state index contributed by atoms with van der Waals surface area (Å²) in [5.74, 6) is 0. The summed E-state index contributed by atoms with van der Waals surface area (Å²) < 4.78 is 0. The van der Waals surface area contributed by atoms with Crippen LogP contribution in [-0.2, 0) is 0 Å². The van der Waals surface area contributed by atoms with E-state index in [-0.39, 0.29) is 0 Å². The van der Waals surface area contributed by atoms with Crippen molar-refractivity contribution in [3.8, 4) is 11.3 Å². The zero-order valence-corrected chi connectivity index (χ0v) is 11.3. The molecule has 1 radical (unpaired) electrons. The van der Waals surface area contributed by atoms with Crippen LogP contribution in [0.5, 0.6) is 0 Å². The molecule has 0 aliphatic carbocycles. The van der Waals surface area contributed by atoms with Crippen molar-refractivity contribution in [2.75, 3.05) is 31.1 Å². The molecule has 1 aliphatic rings. The van der Waals surface area contributed by atoms with E-state index in [1.54, 1.807) is 0 Å². The maximum atomic E-state index is 4.10. The minimum absolute atomic E-state index is 0.855. The van der Waals surface area contributed by atoms with Gasteiger partial charge in [0, 0.05) is 37.4 Å². The Balaban J connectivity index is 2.05. The molecular formula is C14H18N5. The van der Waals surface area contributed by atoms with Crippen molar-refractivity contribution in [1.29, 1.82) is 0 Å². The first-order valence-corrected chi connectivity index (χ1v) is 6.62. The first-order valence-electron chi connectivity index (χ1n) is 6.62.